The molecule has 1 aromatic carbocycles. The second-order valence-electron chi connectivity index (χ2n) is 13.7. The molecule has 0 bridgehead atoms. The fourth-order valence-corrected chi connectivity index (χ4v) is 7.24. The van der Waals surface area contributed by atoms with E-state index in [1.807, 2.05) is 49.7 Å². The summed E-state index contributed by atoms with van der Waals surface area (Å²) in [6, 6.07) is 7.69. The molecule has 0 radical (unpaired) electrons. The van der Waals surface area contributed by atoms with Crippen LogP contribution >= 0.6 is 0 Å². The molecule has 1 amide bonds. The number of hydrogen-bond acceptors (Lipinski definition) is 9. The summed E-state index contributed by atoms with van der Waals surface area (Å²) in [7, 11) is 0. The summed E-state index contributed by atoms with van der Waals surface area (Å²) in [6.07, 6.45) is 7.60. The minimum atomic E-state index is -0.586. The van der Waals surface area contributed by atoms with E-state index in [9.17, 15) is 4.79 Å². The van der Waals surface area contributed by atoms with Crippen LogP contribution in [-0.4, -0.2) is 69.8 Å². The average Bonchev–Trinajstić information content (AvgIpc) is 3.52. The van der Waals surface area contributed by atoms with Crippen LogP contribution in [0.15, 0.2) is 24.3 Å². The highest BCUT2D eigenvalue weighted by Crippen LogP contribution is 2.49. The third kappa shape index (κ3) is 5.44. The molecule has 4 aliphatic heterocycles. The van der Waals surface area contributed by atoms with Crippen molar-refractivity contribution in [1.82, 2.24) is 25.1 Å². The number of benzene rings is 1. The van der Waals surface area contributed by atoms with Gasteiger partial charge in [-0.05, 0) is 72.3 Å². The number of ether oxygens (including phenoxy) is 3. The Balaban J connectivity index is 1.17. The number of carbonyl (C=O) groups excluding carboxylic acids is 1. The van der Waals surface area contributed by atoms with E-state index >= 15 is 0 Å². The van der Waals surface area contributed by atoms with Gasteiger partial charge >= 0.3 is 6.09 Å². The smallest absolute Gasteiger partial charge is 0.408 e. The number of hydrogen-bond donors (Lipinski definition) is 1. The lowest BCUT2D eigenvalue weighted by Gasteiger charge is -2.42. The molecule has 1 unspecified atom stereocenters. The van der Waals surface area contributed by atoms with Crippen molar-refractivity contribution in [2.45, 2.75) is 103 Å². The van der Waals surface area contributed by atoms with E-state index in [2.05, 4.69) is 22.0 Å². The summed E-state index contributed by atoms with van der Waals surface area (Å²) in [5, 5.41) is 8.27. The van der Waals surface area contributed by atoms with Gasteiger partial charge in [-0.2, -0.15) is 0 Å². The standard InChI is InChI=1S/C33H45N7O4/c1-22-28(36-29-26(34-22)30(38-17-9-5-10-18-38)37-40(29)25-14-8-11-21-42-25)39-19-15-33(16-20-39)27(35-31(41)44-32(2,3)4)23-12-6-7-13-24(23)43-33/h6-7,12-13,25,27H,5,8-11,14-21H2,1-4H3,(H,35,41)/t25?,27-/m1/s1. The van der Waals surface area contributed by atoms with Crippen LogP contribution in [0.1, 0.15) is 95.7 Å². The van der Waals surface area contributed by atoms with Gasteiger partial charge in [0.25, 0.3) is 0 Å². The first-order chi connectivity index (χ1) is 21.2. The molecule has 7 rings (SSSR count). The molecule has 6 heterocycles. The van der Waals surface area contributed by atoms with Crippen LogP contribution in [0, 0.1) is 6.92 Å². The molecule has 3 aromatic rings. The van der Waals surface area contributed by atoms with Gasteiger partial charge in [-0.15, -0.1) is 5.10 Å². The summed E-state index contributed by atoms with van der Waals surface area (Å²) >= 11 is 0. The molecule has 11 nitrogen and oxygen atoms in total. The molecule has 3 saturated heterocycles. The summed E-state index contributed by atoms with van der Waals surface area (Å²) in [6.45, 7) is 11.8. The summed E-state index contributed by atoms with van der Waals surface area (Å²) < 4.78 is 20.5. The Morgan fingerprint density at radius 1 is 0.977 bits per heavy atom. The summed E-state index contributed by atoms with van der Waals surface area (Å²) in [5.41, 5.74) is 2.40. The van der Waals surface area contributed by atoms with Gasteiger partial charge in [0.15, 0.2) is 29.0 Å². The first-order valence-electron chi connectivity index (χ1n) is 16.4. The van der Waals surface area contributed by atoms with Gasteiger partial charge in [0.2, 0.25) is 0 Å². The fourth-order valence-electron chi connectivity index (χ4n) is 7.24. The monoisotopic (exact) mass is 603 g/mol. The summed E-state index contributed by atoms with van der Waals surface area (Å²) in [4.78, 5) is 28.1. The van der Waals surface area contributed by atoms with Crippen molar-refractivity contribution in [1.29, 1.82) is 0 Å². The number of fused-ring (bicyclic) bond motifs is 2. The van der Waals surface area contributed by atoms with Crippen molar-refractivity contribution >= 4 is 28.9 Å². The first-order valence-corrected chi connectivity index (χ1v) is 16.4. The largest absolute Gasteiger partial charge is 0.484 e. The Labute approximate surface area is 259 Å². The molecule has 236 valence electrons. The molecule has 2 atom stereocenters. The molecule has 4 aliphatic rings. The van der Waals surface area contributed by atoms with Crippen LogP contribution in [0.2, 0.25) is 0 Å². The van der Waals surface area contributed by atoms with Gasteiger partial charge in [0, 0.05) is 51.2 Å². The lowest BCUT2D eigenvalue weighted by atomic mass is 9.82. The molecular weight excluding hydrogens is 558 g/mol. The molecule has 0 saturated carbocycles. The van der Waals surface area contributed by atoms with E-state index in [1.165, 1.54) is 19.3 Å². The number of carbonyl (C=O) groups is 1. The quantitative estimate of drug-likeness (QED) is 0.395. The van der Waals surface area contributed by atoms with Crippen molar-refractivity contribution in [3.05, 3.63) is 35.5 Å². The Kier molecular flexibility index (Phi) is 7.54. The predicted octanol–water partition coefficient (Wildman–Crippen LogP) is 5.82. The Bertz CT molecular complexity index is 1510. The van der Waals surface area contributed by atoms with Crippen LogP contribution in [0.5, 0.6) is 5.75 Å². The third-order valence-electron chi connectivity index (χ3n) is 9.38. The van der Waals surface area contributed by atoms with Crippen molar-refractivity contribution < 1.29 is 19.0 Å². The number of anilines is 2. The molecular formula is C33H45N7O4. The highest BCUT2D eigenvalue weighted by molar-refractivity contribution is 5.85. The van der Waals surface area contributed by atoms with Crippen LogP contribution in [0.25, 0.3) is 11.2 Å². The molecule has 44 heavy (non-hydrogen) atoms. The SMILES string of the molecule is Cc1nc2c(N3CCCCC3)nn(C3CCCCO3)c2nc1N1CCC2(CC1)Oc1ccccc1[C@H]2NC(=O)OC(C)(C)C. The number of alkyl carbamates (subject to hydrolysis) is 1. The van der Waals surface area contributed by atoms with Crippen LogP contribution in [-0.2, 0) is 9.47 Å². The van der Waals surface area contributed by atoms with Crippen LogP contribution in [0.3, 0.4) is 0 Å². The number of piperidine rings is 2. The van der Waals surface area contributed by atoms with E-state index < -0.39 is 17.3 Å². The molecule has 0 aliphatic carbocycles. The van der Waals surface area contributed by atoms with Crippen LogP contribution < -0.4 is 19.9 Å². The van der Waals surface area contributed by atoms with Crippen molar-refractivity contribution in [3.63, 3.8) is 0 Å². The highest BCUT2D eigenvalue weighted by Gasteiger charge is 2.51. The topological polar surface area (TPSA) is 107 Å². The predicted molar refractivity (Wildman–Crippen MR) is 168 cm³/mol. The maximum atomic E-state index is 12.9. The maximum Gasteiger partial charge on any atom is 0.408 e. The second kappa shape index (κ2) is 11.4. The number of nitrogens with one attached hydrogen (secondary N) is 1. The minimum absolute atomic E-state index is 0.121. The van der Waals surface area contributed by atoms with Crippen molar-refractivity contribution in [2.24, 2.45) is 0 Å². The van der Waals surface area contributed by atoms with E-state index in [1.54, 1.807) is 0 Å². The van der Waals surface area contributed by atoms with E-state index in [-0.39, 0.29) is 12.3 Å². The van der Waals surface area contributed by atoms with Gasteiger partial charge in [0.1, 0.15) is 23.0 Å². The lowest BCUT2D eigenvalue weighted by molar-refractivity contribution is -0.0369. The molecule has 1 N–H and O–H groups in total. The number of aromatic nitrogens is 4. The number of nitrogens with zero attached hydrogens (tertiary/aromatic N) is 6. The van der Waals surface area contributed by atoms with Gasteiger partial charge in [-0.25, -0.2) is 19.4 Å². The minimum Gasteiger partial charge on any atom is -0.484 e. The first kappa shape index (κ1) is 29.1. The maximum absolute atomic E-state index is 12.9. The van der Waals surface area contributed by atoms with Gasteiger partial charge < -0.3 is 29.3 Å². The zero-order valence-corrected chi connectivity index (χ0v) is 26.5. The van der Waals surface area contributed by atoms with E-state index in [0.717, 1.165) is 78.8 Å². The lowest BCUT2D eigenvalue weighted by Crippen LogP contribution is -2.54. The molecule has 1 spiro atoms. The number of para-hydroxylation sites is 1. The highest BCUT2D eigenvalue weighted by atomic mass is 16.6. The number of aryl methyl sites for hydroxylation is 1. The molecule has 11 heteroatoms. The average molecular weight is 604 g/mol. The molecule has 2 aromatic heterocycles. The van der Waals surface area contributed by atoms with Gasteiger partial charge in [0.05, 0.1) is 5.69 Å². The normalized spacial score (nSPS) is 23.5. The number of rotatable bonds is 4. The Morgan fingerprint density at radius 2 is 1.73 bits per heavy atom. The van der Waals surface area contributed by atoms with Crippen LogP contribution in [0.4, 0.5) is 16.4 Å². The van der Waals surface area contributed by atoms with Crippen molar-refractivity contribution in [2.75, 3.05) is 42.6 Å². The zero-order chi connectivity index (χ0) is 30.5. The second-order valence-corrected chi connectivity index (χ2v) is 13.7. The zero-order valence-electron chi connectivity index (χ0n) is 26.5. The Morgan fingerprint density at radius 3 is 2.45 bits per heavy atom. The van der Waals surface area contributed by atoms with Crippen molar-refractivity contribution in [3.8, 4) is 5.75 Å². The summed E-state index contributed by atoms with van der Waals surface area (Å²) in [5.74, 6) is 2.63. The van der Waals surface area contributed by atoms with E-state index in [0.29, 0.717) is 25.9 Å². The third-order valence-corrected chi connectivity index (χ3v) is 9.38. The molecule has 3 fully saturated rings. The fraction of sp³-hybridized carbons (Fsp3) is 0.636. The Hall–Kier alpha value is -3.60. The number of amides is 1. The van der Waals surface area contributed by atoms with Gasteiger partial charge in [-0.1, -0.05) is 18.2 Å². The van der Waals surface area contributed by atoms with E-state index in [4.69, 9.17) is 29.3 Å². The van der Waals surface area contributed by atoms with Gasteiger partial charge in [-0.3, -0.25) is 0 Å².